The molecule has 3 aromatic rings. The molecule has 1 amide bonds. The molecule has 0 saturated carbocycles. The fourth-order valence-corrected chi connectivity index (χ4v) is 5.36. The number of anilines is 2. The van der Waals surface area contributed by atoms with Crippen LogP contribution >= 0.6 is 35.6 Å². The summed E-state index contributed by atoms with van der Waals surface area (Å²) in [6, 6.07) is 18.1. The fourth-order valence-electron chi connectivity index (χ4n) is 5.07. The van der Waals surface area contributed by atoms with E-state index in [1.807, 2.05) is 41.3 Å². The average molecular weight is 519 g/mol. The number of amides is 1. The molecule has 1 saturated heterocycles. The summed E-state index contributed by atoms with van der Waals surface area (Å²) in [6.07, 6.45) is 4.60. The summed E-state index contributed by atoms with van der Waals surface area (Å²) >= 11 is 12.2. The lowest BCUT2D eigenvalue weighted by atomic mass is 10.1. The van der Waals surface area contributed by atoms with Gasteiger partial charge in [-0.05, 0) is 55.1 Å². The molecule has 2 aliphatic heterocycles. The number of nitrogens with zero attached hydrogens (tertiary/aromatic N) is 3. The van der Waals surface area contributed by atoms with Gasteiger partial charge in [-0.2, -0.15) is 0 Å². The van der Waals surface area contributed by atoms with Crippen molar-refractivity contribution in [3.63, 3.8) is 0 Å². The van der Waals surface area contributed by atoms with Crippen molar-refractivity contribution < 1.29 is 4.79 Å². The van der Waals surface area contributed by atoms with Gasteiger partial charge in [0.1, 0.15) is 0 Å². The molecule has 1 fully saturated rings. The maximum absolute atomic E-state index is 12.9. The van der Waals surface area contributed by atoms with Crippen molar-refractivity contribution in [3.05, 3.63) is 70.2 Å². The molecule has 34 heavy (non-hydrogen) atoms. The summed E-state index contributed by atoms with van der Waals surface area (Å²) in [6.45, 7) is 6.12. The largest absolute Gasteiger partial charge is 0.369 e. The van der Waals surface area contributed by atoms with E-state index in [0.717, 1.165) is 79.8 Å². The van der Waals surface area contributed by atoms with Crippen LogP contribution in [0, 0.1) is 0 Å². The maximum Gasteiger partial charge on any atom is 0.258 e. The van der Waals surface area contributed by atoms with Crippen LogP contribution in [0.25, 0.3) is 10.8 Å². The first-order valence-corrected chi connectivity index (χ1v) is 12.6. The van der Waals surface area contributed by atoms with E-state index >= 15 is 0 Å². The SMILES string of the molecule is Cl.O=C1c2cccc3cccc(c23)N1CCCCCCN1CCN(c2ccc(Cl)c(Cl)c2)CC1. The van der Waals surface area contributed by atoms with E-state index in [-0.39, 0.29) is 18.3 Å². The molecule has 0 unspecified atom stereocenters. The van der Waals surface area contributed by atoms with Gasteiger partial charge in [0.25, 0.3) is 5.91 Å². The molecule has 0 spiro atoms. The Kier molecular flexibility index (Phi) is 8.26. The molecule has 4 nitrogen and oxygen atoms in total. The lowest BCUT2D eigenvalue weighted by Gasteiger charge is -2.36. The minimum atomic E-state index is 0. The third-order valence-electron chi connectivity index (χ3n) is 6.90. The highest BCUT2D eigenvalue weighted by Gasteiger charge is 2.28. The summed E-state index contributed by atoms with van der Waals surface area (Å²) in [5.74, 6) is 0.154. The zero-order chi connectivity index (χ0) is 22.8. The Morgan fingerprint density at radius 1 is 0.765 bits per heavy atom. The standard InChI is InChI=1S/C27H29Cl2N3O.ClH/c28-23-12-11-21(19-24(23)29)31-17-15-30(16-18-31)13-3-1-2-4-14-32-25-10-6-8-20-7-5-9-22(26(20)25)27(32)33;/h5-12,19H,1-4,13-18H2;1H. The van der Waals surface area contributed by atoms with Gasteiger partial charge in [-0.15, -0.1) is 12.4 Å². The Bertz CT molecular complexity index is 1160. The van der Waals surface area contributed by atoms with Crippen molar-refractivity contribution in [2.24, 2.45) is 0 Å². The van der Waals surface area contributed by atoms with Crippen LogP contribution in [0.4, 0.5) is 11.4 Å². The van der Waals surface area contributed by atoms with Gasteiger partial charge in [0.2, 0.25) is 0 Å². The quantitative estimate of drug-likeness (QED) is 0.303. The van der Waals surface area contributed by atoms with E-state index in [1.54, 1.807) is 0 Å². The smallest absolute Gasteiger partial charge is 0.258 e. The van der Waals surface area contributed by atoms with E-state index in [1.165, 1.54) is 12.8 Å². The van der Waals surface area contributed by atoms with Crippen LogP contribution in [0.2, 0.25) is 10.0 Å². The van der Waals surface area contributed by atoms with Crippen molar-refractivity contribution in [2.75, 3.05) is 49.1 Å². The number of halogens is 3. The van der Waals surface area contributed by atoms with Gasteiger partial charge in [0.05, 0.1) is 15.7 Å². The zero-order valence-corrected chi connectivity index (χ0v) is 21.5. The minimum Gasteiger partial charge on any atom is -0.369 e. The Balaban J connectivity index is 0.00000274. The van der Waals surface area contributed by atoms with Crippen LogP contribution in [0.3, 0.4) is 0 Å². The number of rotatable bonds is 8. The second-order valence-electron chi connectivity index (χ2n) is 8.98. The lowest BCUT2D eigenvalue weighted by Crippen LogP contribution is -2.46. The number of piperazine rings is 1. The molecule has 0 aromatic heterocycles. The van der Waals surface area contributed by atoms with Gasteiger partial charge >= 0.3 is 0 Å². The van der Waals surface area contributed by atoms with Gasteiger partial charge < -0.3 is 9.80 Å². The zero-order valence-electron chi connectivity index (χ0n) is 19.2. The summed E-state index contributed by atoms with van der Waals surface area (Å²) in [4.78, 5) is 19.8. The number of unbranched alkanes of at least 4 members (excludes halogenated alkanes) is 3. The predicted molar refractivity (Wildman–Crippen MR) is 146 cm³/mol. The Labute approximate surface area is 217 Å². The average Bonchev–Trinajstić information content (AvgIpc) is 3.11. The van der Waals surface area contributed by atoms with Gasteiger partial charge in [-0.25, -0.2) is 0 Å². The van der Waals surface area contributed by atoms with Crippen LogP contribution < -0.4 is 9.80 Å². The summed E-state index contributed by atoms with van der Waals surface area (Å²) in [7, 11) is 0. The molecule has 0 bridgehead atoms. The first kappa shape index (κ1) is 25.1. The highest BCUT2D eigenvalue weighted by atomic mass is 35.5. The van der Waals surface area contributed by atoms with Crippen molar-refractivity contribution in [1.29, 1.82) is 0 Å². The summed E-state index contributed by atoms with van der Waals surface area (Å²) in [5.41, 5.74) is 3.08. The normalized spacial score (nSPS) is 15.8. The van der Waals surface area contributed by atoms with Crippen LogP contribution in [-0.2, 0) is 0 Å². The highest BCUT2D eigenvalue weighted by Crippen LogP contribution is 2.37. The van der Waals surface area contributed by atoms with Crippen molar-refractivity contribution >= 4 is 63.7 Å². The second-order valence-corrected chi connectivity index (χ2v) is 9.79. The lowest BCUT2D eigenvalue weighted by molar-refractivity contribution is 0.0992. The van der Waals surface area contributed by atoms with Gasteiger partial charge in [-0.1, -0.05) is 60.3 Å². The van der Waals surface area contributed by atoms with Crippen LogP contribution in [0.5, 0.6) is 0 Å². The van der Waals surface area contributed by atoms with E-state index in [4.69, 9.17) is 23.2 Å². The number of hydrogen-bond donors (Lipinski definition) is 0. The van der Waals surface area contributed by atoms with Crippen LogP contribution in [0.15, 0.2) is 54.6 Å². The minimum absolute atomic E-state index is 0. The third-order valence-corrected chi connectivity index (χ3v) is 7.63. The van der Waals surface area contributed by atoms with Gasteiger partial charge in [0.15, 0.2) is 0 Å². The summed E-state index contributed by atoms with van der Waals surface area (Å²) in [5, 5.41) is 3.49. The molecule has 0 N–H and O–H groups in total. The molecule has 3 aromatic carbocycles. The molecule has 7 heteroatoms. The first-order chi connectivity index (χ1) is 16.1. The van der Waals surface area contributed by atoms with E-state index in [0.29, 0.717) is 10.0 Å². The molecular formula is C27H30Cl3N3O. The predicted octanol–water partition coefficient (Wildman–Crippen LogP) is 6.91. The highest BCUT2D eigenvalue weighted by molar-refractivity contribution is 6.42. The van der Waals surface area contributed by atoms with E-state index in [9.17, 15) is 4.79 Å². The molecule has 180 valence electrons. The van der Waals surface area contributed by atoms with Crippen molar-refractivity contribution in [2.45, 2.75) is 25.7 Å². The molecule has 2 heterocycles. The van der Waals surface area contributed by atoms with Crippen LogP contribution in [-0.4, -0.2) is 50.1 Å². The first-order valence-electron chi connectivity index (χ1n) is 11.9. The van der Waals surface area contributed by atoms with Gasteiger partial charge in [-0.3, -0.25) is 9.69 Å². The molecule has 0 aliphatic carbocycles. The van der Waals surface area contributed by atoms with Gasteiger partial charge in [0, 0.05) is 49.4 Å². The Morgan fingerprint density at radius 3 is 2.21 bits per heavy atom. The number of benzene rings is 3. The third kappa shape index (κ3) is 5.16. The molecular weight excluding hydrogens is 489 g/mol. The Hall–Kier alpha value is -1.98. The second kappa shape index (κ2) is 11.2. The molecule has 0 radical (unpaired) electrons. The molecule has 5 rings (SSSR count). The van der Waals surface area contributed by atoms with Crippen molar-refractivity contribution in [1.82, 2.24) is 4.90 Å². The monoisotopic (exact) mass is 517 g/mol. The van der Waals surface area contributed by atoms with E-state index < -0.39 is 0 Å². The molecule has 2 aliphatic rings. The number of hydrogen-bond acceptors (Lipinski definition) is 3. The summed E-state index contributed by atoms with van der Waals surface area (Å²) < 4.78 is 0. The molecule has 0 atom stereocenters. The fraction of sp³-hybridized carbons (Fsp3) is 0.370. The number of carbonyl (C=O) groups is 1. The Morgan fingerprint density at radius 2 is 1.47 bits per heavy atom. The van der Waals surface area contributed by atoms with Crippen molar-refractivity contribution in [3.8, 4) is 0 Å². The maximum atomic E-state index is 12.9. The number of carbonyl (C=O) groups excluding carboxylic acids is 1. The van der Waals surface area contributed by atoms with Crippen LogP contribution in [0.1, 0.15) is 36.0 Å². The van der Waals surface area contributed by atoms with E-state index in [2.05, 4.69) is 28.0 Å². The topological polar surface area (TPSA) is 26.8 Å².